The van der Waals surface area contributed by atoms with Gasteiger partial charge in [-0.15, -0.1) is 0 Å². The van der Waals surface area contributed by atoms with E-state index in [2.05, 4.69) is 0 Å². The van der Waals surface area contributed by atoms with E-state index < -0.39 is 15.7 Å². The van der Waals surface area contributed by atoms with Gasteiger partial charge in [0.25, 0.3) is 0 Å². The molecule has 2 aromatic carbocycles. The Bertz CT molecular complexity index is 1040. The van der Waals surface area contributed by atoms with Crippen molar-refractivity contribution in [2.24, 2.45) is 0 Å². The van der Waals surface area contributed by atoms with Crippen molar-refractivity contribution >= 4 is 32.7 Å². The largest absolute Gasteiger partial charge is 0.422 e. The second-order valence-corrected chi connectivity index (χ2v) is 6.90. The fourth-order valence-electron chi connectivity index (χ4n) is 2.05. The highest BCUT2D eigenvalue weighted by Gasteiger charge is 2.19. The Kier molecular flexibility index (Phi) is 3.87. The van der Waals surface area contributed by atoms with Crippen LogP contribution in [0, 0.1) is 6.92 Å². The molecule has 0 unspecified atom stereocenters. The van der Waals surface area contributed by atoms with Crippen molar-refractivity contribution in [2.45, 2.75) is 11.8 Å². The van der Waals surface area contributed by atoms with Gasteiger partial charge in [-0.3, -0.25) is 0 Å². The van der Waals surface area contributed by atoms with Gasteiger partial charge in [-0.2, -0.15) is 8.42 Å². The van der Waals surface area contributed by atoms with Gasteiger partial charge in [0.15, 0.2) is 5.75 Å². The molecule has 0 N–H and O–H groups in total. The van der Waals surface area contributed by atoms with Crippen LogP contribution in [0.1, 0.15) is 5.56 Å². The van der Waals surface area contributed by atoms with E-state index in [0.29, 0.717) is 10.4 Å². The summed E-state index contributed by atoms with van der Waals surface area (Å²) in [4.78, 5) is 11.6. The number of halogens is 1. The first kappa shape index (κ1) is 15.6. The van der Waals surface area contributed by atoms with Gasteiger partial charge in [0.05, 0.1) is 11.5 Å². The molecule has 23 heavy (non-hydrogen) atoms. The van der Waals surface area contributed by atoms with Gasteiger partial charge in [0.1, 0.15) is 10.5 Å². The van der Waals surface area contributed by atoms with Crippen molar-refractivity contribution in [3.63, 3.8) is 0 Å². The maximum Gasteiger partial charge on any atom is 0.340 e. The van der Waals surface area contributed by atoms with Gasteiger partial charge in [-0.25, -0.2) is 4.79 Å². The van der Waals surface area contributed by atoms with Gasteiger partial charge in [0.2, 0.25) is 0 Å². The van der Waals surface area contributed by atoms with Gasteiger partial charge in [-0.1, -0.05) is 29.3 Å². The zero-order valence-corrected chi connectivity index (χ0v) is 13.5. The van der Waals surface area contributed by atoms with E-state index in [1.54, 1.807) is 12.1 Å². The van der Waals surface area contributed by atoms with Crippen molar-refractivity contribution in [1.29, 1.82) is 0 Å². The number of aryl methyl sites for hydroxylation is 1. The summed E-state index contributed by atoms with van der Waals surface area (Å²) in [6.07, 6.45) is 0. The van der Waals surface area contributed by atoms with Crippen LogP contribution in [0.4, 0.5) is 0 Å². The number of hydrogen-bond acceptors (Lipinski definition) is 5. The van der Waals surface area contributed by atoms with Crippen LogP contribution in [-0.4, -0.2) is 8.42 Å². The molecule has 0 aliphatic heterocycles. The molecule has 7 heteroatoms. The van der Waals surface area contributed by atoms with Gasteiger partial charge in [-0.05, 0) is 37.3 Å². The van der Waals surface area contributed by atoms with Gasteiger partial charge < -0.3 is 8.60 Å². The Morgan fingerprint density at radius 2 is 1.74 bits per heavy atom. The Morgan fingerprint density at radius 1 is 1.04 bits per heavy atom. The molecule has 118 valence electrons. The molecule has 0 amide bonds. The van der Waals surface area contributed by atoms with E-state index in [1.807, 2.05) is 6.92 Å². The lowest BCUT2D eigenvalue weighted by Crippen LogP contribution is -2.11. The van der Waals surface area contributed by atoms with Crippen LogP contribution in [0.15, 0.2) is 62.6 Å². The lowest BCUT2D eigenvalue weighted by atomic mass is 10.2. The first-order valence-corrected chi connectivity index (χ1v) is 8.38. The molecular weight excluding hydrogens is 340 g/mol. The first-order valence-electron chi connectivity index (χ1n) is 6.60. The van der Waals surface area contributed by atoms with Crippen LogP contribution in [0.3, 0.4) is 0 Å². The molecule has 0 aliphatic carbocycles. The molecular formula is C16H11ClO5S. The Balaban J connectivity index is 2.12. The Morgan fingerprint density at radius 3 is 2.43 bits per heavy atom. The minimum atomic E-state index is -4.07. The fourth-order valence-corrected chi connectivity index (χ4v) is 3.16. The molecule has 0 saturated carbocycles. The molecule has 1 aromatic heterocycles. The molecule has 1 heterocycles. The van der Waals surface area contributed by atoms with Crippen molar-refractivity contribution in [3.05, 3.63) is 69.5 Å². The summed E-state index contributed by atoms with van der Waals surface area (Å²) in [5.74, 6) is -0.126. The lowest BCUT2D eigenvalue weighted by Gasteiger charge is -2.09. The Labute approximate surface area is 137 Å². The molecule has 0 bridgehead atoms. The maximum atomic E-state index is 12.4. The van der Waals surface area contributed by atoms with Crippen LogP contribution in [0.2, 0.25) is 5.02 Å². The average molecular weight is 351 g/mol. The third kappa shape index (κ3) is 3.23. The summed E-state index contributed by atoms with van der Waals surface area (Å²) in [5.41, 5.74) is 0.395. The fraction of sp³-hybridized carbons (Fsp3) is 0.0625. The first-order chi connectivity index (χ1) is 10.8. The van der Waals surface area contributed by atoms with E-state index in [1.165, 1.54) is 30.3 Å². The molecule has 5 nitrogen and oxygen atoms in total. The number of hydrogen-bond donors (Lipinski definition) is 0. The molecule has 0 spiro atoms. The summed E-state index contributed by atoms with van der Waals surface area (Å²) >= 11 is 5.91. The number of fused-ring (bicyclic) bond motifs is 1. The third-order valence-corrected chi connectivity index (χ3v) is 4.66. The molecule has 3 aromatic rings. The highest BCUT2D eigenvalue weighted by molar-refractivity contribution is 7.87. The van der Waals surface area contributed by atoms with E-state index >= 15 is 0 Å². The third-order valence-electron chi connectivity index (χ3n) is 3.18. The summed E-state index contributed by atoms with van der Waals surface area (Å²) in [6.45, 7) is 1.84. The van der Waals surface area contributed by atoms with E-state index in [0.717, 1.165) is 11.6 Å². The predicted octanol–water partition coefficient (Wildman–Crippen LogP) is 3.52. The van der Waals surface area contributed by atoms with Crippen LogP contribution < -0.4 is 9.81 Å². The van der Waals surface area contributed by atoms with Crippen molar-refractivity contribution in [1.82, 2.24) is 0 Å². The zero-order valence-electron chi connectivity index (χ0n) is 11.9. The SMILES string of the molecule is Cc1ccc(S(=O)(=O)Oc2cc(=O)oc3ccc(Cl)cc23)cc1. The van der Waals surface area contributed by atoms with Gasteiger partial charge in [0, 0.05) is 5.02 Å². The quantitative estimate of drug-likeness (QED) is 0.533. The topological polar surface area (TPSA) is 73.6 Å². The molecule has 0 aliphatic rings. The lowest BCUT2D eigenvalue weighted by molar-refractivity contribution is 0.482. The van der Waals surface area contributed by atoms with Crippen molar-refractivity contribution in [2.75, 3.05) is 0 Å². The monoisotopic (exact) mass is 350 g/mol. The Hall–Kier alpha value is -2.31. The summed E-state index contributed by atoms with van der Waals surface area (Å²) in [5, 5.41) is 0.664. The second kappa shape index (κ2) is 5.72. The summed E-state index contributed by atoms with van der Waals surface area (Å²) < 4.78 is 34.9. The zero-order chi connectivity index (χ0) is 16.6. The maximum absolute atomic E-state index is 12.4. The van der Waals surface area contributed by atoms with Crippen molar-refractivity contribution in [3.8, 4) is 5.75 Å². The number of benzene rings is 2. The molecule has 0 saturated heterocycles. The molecule has 0 atom stereocenters. The summed E-state index contributed by atoms with van der Waals surface area (Å²) in [7, 11) is -4.07. The van der Waals surface area contributed by atoms with Gasteiger partial charge >= 0.3 is 15.7 Å². The standard InChI is InChI=1S/C16H11ClO5S/c1-10-2-5-12(6-3-10)23(19,20)22-15-9-16(18)21-14-7-4-11(17)8-13(14)15/h2-9H,1H3. The van der Waals surface area contributed by atoms with Crippen molar-refractivity contribution < 1.29 is 17.0 Å². The normalized spacial score (nSPS) is 11.6. The van der Waals surface area contributed by atoms with Crippen LogP contribution in [0.25, 0.3) is 11.0 Å². The summed E-state index contributed by atoms with van der Waals surface area (Å²) in [6, 6.07) is 11.6. The van der Waals surface area contributed by atoms with Crippen LogP contribution in [0.5, 0.6) is 5.75 Å². The predicted molar refractivity (Wildman–Crippen MR) is 86.5 cm³/mol. The average Bonchev–Trinajstić information content (AvgIpc) is 2.48. The number of rotatable bonds is 3. The highest BCUT2D eigenvalue weighted by atomic mass is 35.5. The van der Waals surface area contributed by atoms with Crippen LogP contribution in [-0.2, 0) is 10.1 Å². The van der Waals surface area contributed by atoms with Crippen LogP contribution >= 0.6 is 11.6 Å². The smallest absolute Gasteiger partial charge is 0.340 e. The van der Waals surface area contributed by atoms with E-state index in [4.69, 9.17) is 20.2 Å². The van der Waals surface area contributed by atoms with E-state index in [9.17, 15) is 13.2 Å². The van der Waals surface area contributed by atoms with E-state index in [-0.39, 0.29) is 16.2 Å². The second-order valence-electron chi connectivity index (χ2n) is 4.92. The molecule has 0 fully saturated rings. The molecule has 0 radical (unpaired) electrons. The minimum absolute atomic E-state index is 0.00785. The minimum Gasteiger partial charge on any atom is -0.422 e. The highest BCUT2D eigenvalue weighted by Crippen LogP contribution is 2.29. The molecule has 3 rings (SSSR count).